The van der Waals surface area contributed by atoms with Gasteiger partial charge in [0.05, 0.1) is 4.88 Å². The summed E-state index contributed by atoms with van der Waals surface area (Å²) in [7, 11) is -3.54. The van der Waals surface area contributed by atoms with E-state index in [0.29, 0.717) is 11.4 Å². The van der Waals surface area contributed by atoms with Gasteiger partial charge < -0.3 is 5.73 Å². The van der Waals surface area contributed by atoms with Gasteiger partial charge >= 0.3 is 0 Å². The second-order valence-electron chi connectivity index (χ2n) is 6.16. The first-order valence-corrected chi connectivity index (χ1v) is 10.8. The number of benzene rings is 1. The van der Waals surface area contributed by atoms with Crippen LogP contribution in [0.1, 0.15) is 23.3 Å². The Morgan fingerprint density at radius 1 is 1.28 bits per heavy atom. The first kappa shape index (κ1) is 18.5. The van der Waals surface area contributed by atoms with Crippen LogP contribution >= 0.6 is 23.6 Å². The molecule has 1 saturated heterocycles. The largest absolute Gasteiger partial charge is 0.389 e. The predicted octanol–water partition coefficient (Wildman–Crippen LogP) is 2.33. The van der Waals surface area contributed by atoms with E-state index in [2.05, 4.69) is 21.8 Å². The van der Waals surface area contributed by atoms with Crippen LogP contribution in [0.15, 0.2) is 46.7 Å². The number of likely N-dealkylation sites (tertiary alicyclic amines) is 1. The maximum absolute atomic E-state index is 12.6. The van der Waals surface area contributed by atoms with Gasteiger partial charge in [-0.05, 0) is 37.1 Å². The summed E-state index contributed by atoms with van der Waals surface area (Å²) in [6, 6.07) is 13.4. The minimum Gasteiger partial charge on any atom is -0.389 e. The molecule has 25 heavy (non-hydrogen) atoms. The molecule has 0 saturated carbocycles. The lowest BCUT2D eigenvalue weighted by Gasteiger charge is -2.32. The van der Waals surface area contributed by atoms with Gasteiger partial charge in [0, 0.05) is 19.1 Å². The molecule has 0 bridgehead atoms. The van der Waals surface area contributed by atoms with Gasteiger partial charge in [-0.2, -0.15) is 0 Å². The molecule has 8 heteroatoms. The van der Waals surface area contributed by atoms with Gasteiger partial charge in [0.2, 0.25) is 10.0 Å². The average Bonchev–Trinajstić information content (AvgIpc) is 3.07. The number of piperidine rings is 1. The summed E-state index contributed by atoms with van der Waals surface area (Å²) in [6.07, 6.45) is 1.82. The predicted molar refractivity (Wildman–Crippen MR) is 105 cm³/mol. The number of thiophene rings is 1. The zero-order valence-corrected chi connectivity index (χ0v) is 16.2. The lowest BCUT2D eigenvalue weighted by molar-refractivity contribution is 0.194. The molecule has 134 valence electrons. The summed E-state index contributed by atoms with van der Waals surface area (Å²) in [5.41, 5.74) is 6.81. The minimum atomic E-state index is -3.54. The van der Waals surface area contributed by atoms with Gasteiger partial charge in [-0.15, -0.1) is 11.3 Å². The Hall–Kier alpha value is -1.32. The highest BCUT2D eigenvalue weighted by Crippen LogP contribution is 2.23. The van der Waals surface area contributed by atoms with E-state index in [-0.39, 0.29) is 15.2 Å². The van der Waals surface area contributed by atoms with Crippen molar-refractivity contribution in [1.82, 2.24) is 9.62 Å². The number of rotatable bonds is 6. The van der Waals surface area contributed by atoms with Crippen molar-refractivity contribution in [3.63, 3.8) is 0 Å². The average molecular weight is 396 g/mol. The van der Waals surface area contributed by atoms with E-state index in [1.165, 1.54) is 5.56 Å². The second-order valence-corrected chi connectivity index (χ2v) is 9.63. The van der Waals surface area contributed by atoms with Crippen LogP contribution in [0.3, 0.4) is 0 Å². The zero-order valence-electron chi connectivity index (χ0n) is 13.7. The third-order valence-electron chi connectivity index (χ3n) is 4.17. The number of thiocarbonyl (C=S) groups is 1. The van der Waals surface area contributed by atoms with Crippen molar-refractivity contribution in [2.45, 2.75) is 29.6 Å². The van der Waals surface area contributed by atoms with E-state index >= 15 is 0 Å². The van der Waals surface area contributed by atoms with E-state index in [9.17, 15) is 8.42 Å². The van der Waals surface area contributed by atoms with Crippen LogP contribution in [0.4, 0.5) is 0 Å². The molecule has 1 aromatic carbocycles. The van der Waals surface area contributed by atoms with Crippen LogP contribution in [-0.4, -0.2) is 37.4 Å². The van der Waals surface area contributed by atoms with E-state index in [4.69, 9.17) is 18.0 Å². The van der Waals surface area contributed by atoms with Gasteiger partial charge in [-0.3, -0.25) is 4.90 Å². The van der Waals surface area contributed by atoms with Crippen LogP contribution in [0.5, 0.6) is 0 Å². The topological polar surface area (TPSA) is 75.4 Å². The van der Waals surface area contributed by atoms with Crippen LogP contribution in [0.2, 0.25) is 0 Å². The number of nitrogens with one attached hydrogen (secondary N) is 1. The number of nitrogens with two attached hydrogens (primary N) is 1. The van der Waals surface area contributed by atoms with E-state index < -0.39 is 10.0 Å². The molecule has 1 aromatic heterocycles. The minimum absolute atomic E-state index is 0.0853. The van der Waals surface area contributed by atoms with E-state index in [0.717, 1.165) is 37.3 Å². The molecule has 3 N–H and O–H groups in total. The standard InChI is InChI=1S/C17H21N3O2S3/c18-17(23)15-8-9-16(24-15)25(21,22)19-14-7-4-10-20(12-14)11-13-5-2-1-3-6-13/h1-3,5-6,8-9,14,19H,4,7,10-12H2,(H2,18,23). The SMILES string of the molecule is NC(=S)c1ccc(S(=O)(=O)NC2CCCN(Cc3ccccc3)C2)s1. The molecule has 0 aliphatic carbocycles. The van der Waals surface area contributed by atoms with Gasteiger partial charge in [-0.25, -0.2) is 13.1 Å². The first-order valence-electron chi connectivity index (χ1n) is 8.12. The molecule has 1 unspecified atom stereocenters. The Kier molecular flexibility index (Phi) is 5.85. The molecule has 1 atom stereocenters. The fourth-order valence-electron chi connectivity index (χ4n) is 3.01. The van der Waals surface area contributed by atoms with Crippen molar-refractivity contribution in [1.29, 1.82) is 0 Å². The molecule has 3 rings (SSSR count). The zero-order chi connectivity index (χ0) is 17.9. The molecule has 0 amide bonds. The summed E-state index contributed by atoms with van der Waals surface area (Å²) in [5.74, 6) is 0. The van der Waals surface area contributed by atoms with Crippen LogP contribution in [0.25, 0.3) is 0 Å². The van der Waals surface area contributed by atoms with Crippen molar-refractivity contribution in [2.75, 3.05) is 13.1 Å². The fraction of sp³-hybridized carbons (Fsp3) is 0.353. The Balaban J connectivity index is 1.64. The maximum Gasteiger partial charge on any atom is 0.250 e. The smallest absolute Gasteiger partial charge is 0.250 e. The Bertz CT molecular complexity index is 834. The van der Waals surface area contributed by atoms with Gasteiger partial charge in [0.25, 0.3) is 0 Å². The molecule has 2 aromatic rings. The number of sulfonamides is 1. The Morgan fingerprint density at radius 3 is 2.72 bits per heavy atom. The van der Waals surface area contributed by atoms with Gasteiger partial charge in [-0.1, -0.05) is 42.5 Å². The first-order chi connectivity index (χ1) is 11.9. The number of hydrogen-bond acceptors (Lipinski definition) is 5. The lowest BCUT2D eigenvalue weighted by Crippen LogP contribution is -2.47. The van der Waals surface area contributed by atoms with Crippen molar-refractivity contribution < 1.29 is 8.42 Å². The van der Waals surface area contributed by atoms with Gasteiger partial charge in [0.15, 0.2) is 0 Å². The van der Waals surface area contributed by atoms with Crippen LogP contribution in [0, 0.1) is 0 Å². The second kappa shape index (κ2) is 7.92. The summed E-state index contributed by atoms with van der Waals surface area (Å²) in [5, 5.41) is 0. The summed E-state index contributed by atoms with van der Waals surface area (Å²) in [6.45, 7) is 2.53. The monoisotopic (exact) mass is 395 g/mol. The van der Waals surface area contributed by atoms with Crippen molar-refractivity contribution in [3.05, 3.63) is 52.9 Å². The Labute approximate surface area is 157 Å². The quantitative estimate of drug-likeness (QED) is 0.734. The fourth-order valence-corrected chi connectivity index (χ4v) is 5.64. The summed E-state index contributed by atoms with van der Waals surface area (Å²) in [4.78, 5) is 3.13. The molecule has 0 spiro atoms. The molecular formula is C17H21N3O2S3. The summed E-state index contributed by atoms with van der Waals surface area (Å²) < 4.78 is 28.3. The van der Waals surface area contributed by atoms with Crippen molar-refractivity contribution in [3.8, 4) is 0 Å². The molecule has 0 radical (unpaired) electrons. The molecule has 1 aliphatic heterocycles. The molecule has 1 aliphatic rings. The van der Waals surface area contributed by atoms with Crippen LogP contribution < -0.4 is 10.5 Å². The Morgan fingerprint density at radius 2 is 2.04 bits per heavy atom. The van der Waals surface area contributed by atoms with Crippen molar-refractivity contribution in [2.24, 2.45) is 5.73 Å². The van der Waals surface area contributed by atoms with E-state index in [1.54, 1.807) is 12.1 Å². The third-order valence-corrected chi connectivity index (χ3v) is 7.65. The molecular weight excluding hydrogens is 374 g/mol. The normalized spacial score (nSPS) is 19.0. The lowest BCUT2D eigenvalue weighted by atomic mass is 10.1. The third kappa shape index (κ3) is 4.86. The van der Waals surface area contributed by atoms with Gasteiger partial charge in [0.1, 0.15) is 9.20 Å². The maximum atomic E-state index is 12.6. The highest BCUT2D eigenvalue weighted by atomic mass is 32.2. The summed E-state index contributed by atoms with van der Waals surface area (Å²) >= 11 is 6.01. The van der Waals surface area contributed by atoms with E-state index in [1.807, 2.05) is 18.2 Å². The molecule has 2 heterocycles. The highest BCUT2D eigenvalue weighted by Gasteiger charge is 2.26. The van der Waals surface area contributed by atoms with Crippen molar-refractivity contribution >= 4 is 38.6 Å². The molecule has 1 fully saturated rings. The molecule has 5 nitrogen and oxygen atoms in total. The number of nitrogens with zero attached hydrogens (tertiary/aromatic N) is 1. The highest BCUT2D eigenvalue weighted by molar-refractivity contribution is 7.91. The number of hydrogen-bond donors (Lipinski definition) is 2. The van der Waals surface area contributed by atoms with Crippen LogP contribution in [-0.2, 0) is 16.6 Å².